The molecule has 5 nitrogen and oxygen atoms in total. The third-order valence-corrected chi connectivity index (χ3v) is 2.96. The van der Waals surface area contributed by atoms with Crippen molar-refractivity contribution >= 4 is 5.69 Å². The highest BCUT2D eigenvalue weighted by Crippen LogP contribution is 2.19. The molecule has 0 amide bonds. The van der Waals surface area contributed by atoms with Crippen LogP contribution < -0.4 is 5.32 Å². The number of tetrazole rings is 1. The first-order valence-corrected chi connectivity index (χ1v) is 6.23. The zero-order valence-corrected chi connectivity index (χ0v) is 10.9. The molecule has 2 aromatic carbocycles. The average molecular weight is 287 g/mol. The van der Waals surface area contributed by atoms with E-state index in [4.69, 9.17) is 0 Å². The molecule has 0 unspecified atom stereocenters. The molecule has 3 aromatic rings. The first kappa shape index (κ1) is 13.2. The Kier molecular flexibility index (Phi) is 3.55. The second-order valence-corrected chi connectivity index (χ2v) is 4.40. The van der Waals surface area contributed by atoms with E-state index in [1.807, 2.05) is 0 Å². The number of benzene rings is 2. The minimum absolute atomic E-state index is 0.300. The molecule has 0 aliphatic rings. The minimum atomic E-state index is -0.381. The van der Waals surface area contributed by atoms with Gasteiger partial charge in [0.2, 0.25) is 0 Å². The number of anilines is 1. The highest BCUT2D eigenvalue weighted by atomic mass is 19.1. The molecule has 1 N–H and O–H groups in total. The van der Waals surface area contributed by atoms with Crippen LogP contribution in [0.15, 0.2) is 48.8 Å². The first-order valence-electron chi connectivity index (χ1n) is 6.23. The summed E-state index contributed by atoms with van der Waals surface area (Å²) in [6.45, 7) is 0.385. The summed E-state index contributed by atoms with van der Waals surface area (Å²) in [5.41, 5.74) is 1.82. The Labute approximate surface area is 119 Å². The molecule has 0 saturated heterocycles. The van der Waals surface area contributed by atoms with E-state index < -0.39 is 0 Å². The quantitative estimate of drug-likeness (QED) is 0.801. The number of nitrogens with zero attached hydrogens (tertiary/aromatic N) is 4. The van der Waals surface area contributed by atoms with Crippen LogP contribution in [0.5, 0.6) is 0 Å². The Bertz CT molecular complexity index is 726. The van der Waals surface area contributed by atoms with Gasteiger partial charge < -0.3 is 5.32 Å². The summed E-state index contributed by atoms with van der Waals surface area (Å²) in [5, 5.41) is 13.8. The summed E-state index contributed by atoms with van der Waals surface area (Å²) < 4.78 is 28.0. The second-order valence-electron chi connectivity index (χ2n) is 4.40. The summed E-state index contributed by atoms with van der Waals surface area (Å²) >= 11 is 0. The highest BCUT2D eigenvalue weighted by Gasteiger charge is 2.06. The van der Waals surface area contributed by atoms with E-state index in [1.165, 1.54) is 29.2 Å². The molecule has 3 rings (SSSR count). The monoisotopic (exact) mass is 287 g/mol. The molecule has 0 bridgehead atoms. The number of rotatable bonds is 4. The molecule has 1 heterocycles. The Morgan fingerprint density at radius 2 is 1.86 bits per heavy atom. The highest BCUT2D eigenvalue weighted by molar-refractivity contribution is 5.52. The van der Waals surface area contributed by atoms with Crippen LogP contribution in [0.4, 0.5) is 14.5 Å². The number of hydrogen-bond donors (Lipinski definition) is 1. The Morgan fingerprint density at radius 3 is 2.57 bits per heavy atom. The van der Waals surface area contributed by atoms with E-state index in [2.05, 4.69) is 20.8 Å². The van der Waals surface area contributed by atoms with Crippen molar-refractivity contribution in [3.05, 3.63) is 66.0 Å². The molecule has 0 spiro atoms. The lowest BCUT2D eigenvalue weighted by molar-refractivity contribution is 0.626. The molecular weight excluding hydrogens is 276 g/mol. The molecule has 21 heavy (non-hydrogen) atoms. The summed E-state index contributed by atoms with van der Waals surface area (Å²) in [6.07, 6.45) is 1.43. The fraction of sp³-hybridized carbons (Fsp3) is 0.0714. The van der Waals surface area contributed by atoms with E-state index in [0.717, 1.165) is 5.56 Å². The van der Waals surface area contributed by atoms with Gasteiger partial charge in [0.1, 0.15) is 18.0 Å². The lowest BCUT2D eigenvalue weighted by Gasteiger charge is -2.09. The maximum atomic E-state index is 13.8. The molecule has 0 saturated carbocycles. The van der Waals surface area contributed by atoms with E-state index in [-0.39, 0.29) is 11.6 Å². The van der Waals surface area contributed by atoms with Crippen molar-refractivity contribution in [3.8, 4) is 5.69 Å². The van der Waals surface area contributed by atoms with Crippen molar-refractivity contribution in [1.29, 1.82) is 0 Å². The zero-order valence-electron chi connectivity index (χ0n) is 10.9. The Morgan fingerprint density at radius 1 is 1.05 bits per heavy atom. The summed E-state index contributed by atoms with van der Waals surface area (Å²) in [6, 6.07) is 10.5. The maximum absolute atomic E-state index is 13.8. The zero-order chi connectivity index (χ0) is 14.7. The van der Waals surface area contributed by atoms with Gasteiger partial charge in [-0.15, -0.1) is 5.10 Å². The van der Waals surface area contributed by atoms with Crippen LogP contribution in [0.1, 0.15) is 5.56 Å². The van der Waals surface area contributed by atoms with Crippen LogP contribution in [0.25, 0.3) is 5.69 Å². The molecule has 0 atom stereocenters. The van der Waals surface area contributed by atoms with E-state index in [1.54, 1.807) is 24.3 Å². The van der Waals surface area contributed by atoms with E-state index in [0.29, 0.717) is 17.9 Å². The Balaban J connectivity index is 1.78. The molecule has 7 heteroatoms. The number of hydrogen-bond acceptors (Lipinski definition) is 4. The van der Waals surface area contributed by atoms with Gasteiger partial charge in [0, 0.05) is 6.54 Å². The van der Waals surface area contributed by atoms with Gasteiger partial charge in [-0.2, -0.15) is 0 Å². The third kappa shape index (κ3) is 3.02. The van der Waals surface area contributed by atoms with Crippen LogP contribution in [-0.4, -0.2) is 20.2 Å². The largest absolute Gasteiger partial charge is 0.379 e. The average Bonchev–Trinajstić information content (AvgIpc) is 3.02. The van der Waals surface area contributed by atoms with Gasteiger partial charge in [-0.3, -0.25) is 0 Å². The van der Waals surface area contributed by atoms with Crippen LogP contribution in [0, 0.1) is 11.6 Å². The molecule has 106 valence electrons. The molecule has 0 radical (unpaired) electrons. The van der Waals surface area contributed by atoms with Crippen molar-refractivity contribution in [2.75, 3.05) is 5.32 Å². The SMILES string of the molecule is Fc1ccc(CNc2cc(-n3cnnn3)ccc2F)cc1. The predicted molar refractivity (Wildman–Crippen MR) is 72.8 cm³/mol. The Hall–Kier alpha value is -2.83. The lowest BCUT2D eigenvalue weighted by Crippen LogP contribution is -2.03. The molecule has 0 aliphatic heterocycles. The van der Waals surface area contributed by atoms with Gasteiger partial charge >= 0.3 is 0 Å². The van der Waals surface area contributed by atoms with E-state index in [9.17, 15) is 8.78 Å². The molecule has 1 aromatic heterocycles. The van der Waals surface area contributed by atoms with Crippen LogP contribution in [-0.2, 0) is 6.54 Å². The molecule has 0 fully saturated rings. The lowest BCUT2D eigenvalue weighted by atomic mass is 10.2. The first-order chi connectivity index (χ1) is 10.2. The van der Waals surface area contributed by atoms with Gasteiger partial charge in [-0.05, 0) is 46.3 Å². The smallest absolute Gasteiger partial charge is 0.146 e. The van der Waals surface area contributed by atoms with Gasteiger partial charge in [0.15, 0.2) is 0 Å². The van der Waals surface area contributed by atoms with Gasteiger partial charge in [-0.25, -0.2) is 13.5 Å². The van der Waals surface area contributed by atoms with Crippen LogP contribution in [0.2, 0.25) is 0 Å². The number of aromatic nitrogens is 4. The standard InChI is InChI=1S/C14H11F2N5/c15-11-3-1-10(2-4-11)8-17-14-7-12(5-6-13(14)16)21-9-18-19-20-21/h1-7,9,17H,8H2. The fourth-order valence-electron chi connectivity index (χ4n) is 1.87. The van der Waals surface area contributed by atoms with Crippen molar-refractivity contribution in [1.82, 2.24) is 20.2 Å². The second kappa shape index (κ2) is 5.66. The molecule has 0 aliphatic carbocycles. The van der Waals surface area contributed by atoms with Gasteiger partial charge in [-0.1, -0.05) is 12.1 Å². The minimum Gasteiger partial charge on any atom is -0.379 e. The summed E-state index contributed by atoms with van der Waals surface area (Å²) in [4.78, 5) is 0. The maximum Gasteiger partial charge on any atom is 0.146 e. The predicted octanol–water partition coefficient (Wildman–Crippen LogP) is 2.55. The summed E-state index contributed by atoms with van der Waals surface area (Å²) in [5.74, 6) is -0.681. The van der Waals surface area contributed by atoms with Gasteiger partial charge in [0.05, 0.1) is 11.4 Å². The van der Waals surface area contributed by atoms with Crippen LogP contribution >= 0.6 is 0 Å². The van der Waals surface area contributed by atoms with Crippen LogP contribution in [0.3, 0.4) is 0 Å². The summed E-state index contributed by atoms with van der Waals surface area (Å²) in [7, 11) is 0. The van der Waals surface area contributed by atoms with Crippen molar-refractivity contribution in [2.45, 2.75) is 6.54 Å². The fourth-order valence-corrected chi connectivity index (χ4v) is 1.87. The van der Waals surface area contributed by atoms with Crippen molar-refractivity contribution < 1.29 is 8.78 Å². The van der Waals surface area contributed by atoms with Crippen molar-refractivity contribution in [3.63, 3.8) is 0 Å². The normalized spacial score (nSPS) is 10.6. The topological polar surface area (TPSA) is 55.6 Å². The van der Waals surface area contributed by atoms with Crippen molar-refractivity contribution in [2.24, 2.45) is 0 Å². The third-order valence-electron chi connectivity index (χ3n) is 2.96. The number of nitrogens with one attached hydrogen (secondary N) is 1. The van der Waals surface area contributed by atoms with E-state index >= 15 is 0 Å². The molecular formula is C14H11F2N5. The number of halogens is 2. The van der Waals surface area contributed by atoms with Gasteiger partial charge in [0.25, 0.3) is 0 Å².